The summed E-state index contributed by atoms with van der Waals surface area (Å²) in [5.74, 6) is 0.741. The van der Waals surface area contributed by atoms with Crippen LogP contribution in [0.4, 0.5) is 4.39 Å². The van der Waals surface area contributed by atoms with Crippen molar-refractivity contribution in [2.75, 3.05) is 12.9 Å². The van der Waals surface area contributed by atoms with E-state index < -0.39 is 0 Å². The van der Waals surface area contributed by atoms with Crippen molar-refractivity contribution >= 4 is 41.1 Å². The number of carbonyl (C=O) groups excluding carboxylic acids is 1. The van der Waals surface area contributed by atoms with Crippen molar-refractivity contribution in [2.45, 2.75) is 18.2 Å². The smallest absolute Gasteiger partial charge is 0.184 e. The molecule has 0 saturated carbocycles. The number of benzene rings is 2. The maximum atomic E-state index is 13.2. The molecule has 2 aromatic heterocycles. The summed E-state index contributed by atoms with van der Waals surface area (Å²) in [6.45, 7) is 3.93. The highest BCUT2D eigenvalue weighted by Crippen LogP contribution is 2.27. The van der Waals surface area contributed by atoms with Gasteiger partial charge in [-0.2, -0.15) is 0 Å². The summed E-state index contributed by atoms with van der Waals surface area (Å²) in [7, 11) is 1.63. The number of rotatable bonds is 7. The maximum absolute atomic E-state index is 13.2. The lowest BCUT2D eigenvalue weighted by Crippen LogP contribution is -2.05. The zero-order valence-corrected chi connectivity index (χ0v) is 20.1. The number of methoxy groups -OCH3 is 1. The molecule has 5 nitrogen and oxygen atoms in total. The highest BCUT2D eigenvalue weighted by Gasteiger charge is 2.18. The number of thioether (sulfide) groups is 1. The van der Waals surface area contributed by atoms with Crippen molar-refractivity contribution in [1.29, 1.82) is 0 Å². The lowest BCUT2D eigenvalue weighted by atomic mass is 10.2. The lowest BCUT2D eigenvalue weighted by molar-refractivity contribution is 0.102. The molecule has 0 aliphatic heterocycles. The van der Waals surface area contributed by atoms with E-state index in [0.29, 0.717) is 19.5 Å². The second kappa shape index (κ2) is 9.40. The molecule has 2 aromatic carbocycles. The van der Waals surface area contributed by atoms with E-state index in [9.17, 15) is 9.18 Å². The number of hydrogen-bond acceptors (Lipinski definition) is 6. The summed E-state index contributed by atoms with van der Waals surface area (Å²) in [4.78, 5) is 13.0. The molecular weight excluding hydrogens is 465 g/mol. The molecule has 0 N–H and O–H groups in total. The third kappa shape index (κ3) is 4.55. The Bertz CT molecular complexity index is 1320. The van der Waals surface area contributed by atoms with Crippen LogP contribution in [0.3, 0.4) is 0 Å². The molecule has 0 atom stereocenters. The molecule has 0 fully saturated rings. The Kier molecular flexibility index (Phi) is 6.59. The number of Topliss-reactive ketones (excluding diaryl/α,β-unsaturated/α-hetero) is 1. The predicted octanol–water partition coefficient (Wildman–Crippen LogP) is 6.19. The molecule has 0 aliphatic carbocycles. The summed E-state index contributed by atoms with van der Waals surface area (Å²) < 4.78 is 23.3. The maximum Gasteiger partial charge on any atom is 0.184 e. The fourth-order valence-electron chi connectivity index (χ4n) is 3.44. The van der Waals surface area contributed by atoms with Crippen LogP contribution in [0.2, 0.25) is 0 Å². The minimum absolute atomic E-state index is 0.0253. The summed E-state index contributed by atoms with van der Waals surface area (Å²) in [6, 6.07) is 15.6. The first-order valence-electron chi connectivity index (χ1n) is 9.73. The molecule has 0 aliphatic rings. The summed E-state index contributed by atoms with van der Waals surface area (Å²) in [5, 5.41) is 4.49. The molecule has 4 aromatic rings. The van der Waals surface area contributed by atoms with Gasteiger partial charge in [0.2, 0.25) is 0 Å². The van der Waals surface area contributed by atoms with Crippen LogP contribution in [0.5, 0.6) is 5.75 Å². The Morgan fingerprint density at radius 3 is 2.44 bits per heavy atom. The topological polar surface area (TPSA) is 49.1 Å². The Morgan fingerprint density at radius 1 is 1.12 bits per heavy atom. The second-order valence-electron chi connectivity index (χ2n) is 7.05. The van der Waals surface area contributed by atoms with Gasteiger partial charge < -0.3 is 9.30 Å². The molecular formula is C23H20FN3O2S3. The van der Waals surface area contributed by atoms with Gasteiger partial charge in [0.05, 0.1) is 18.6 Å². The zero-order chi connectivity index (χ0) is 22.8. The van der Waals surface area contributed by atoms with Crippen LogP contribution >= 0.6 is 35.3 Å². The van der Waals surface area contributed by atoms with E-state index >= 15 is 0 Å². The number of hydrogen-bond donors (Lipinski definition) is 0. The van der Waals surface area contributed by atoms with E-state index in [2.05, 4.69) is 9.67 Å². The van der Waals surface area contributed by atoms with Crippen LogP contribution in [0.1, 0.15) is 21.7 Å². The number of halogens is 1. The van der Waals surface area contributed by atoms with Gasteiger partial charge in [-0.3, -0.25) is 4.79 Å². The van der Waals surface area contributed by atoms with Gasteiger partial charge in [-0.25, -0.2) is 9.07 Å². The van der Waals surface area contributed by atoms with Crippen LogP contribution in [0, 0.1) is 23.6 Å². The van der Waals surface area contributed by atoms with Gasteiger partial charge in [-0.1, -0.05) is 23.1 Å². The van der Waals surface area contributed by atoms with Gasteiger partial charge in [-0.05, 0) is 80.7 Å². The van der Waals surface area contributed by atoms with Crippen molar-refractivity contribution in [3.8, 4) is 17.1 Å². The van der Waals surface area contributed by atoms with E-state index in [1.807, 2.05) is 44.2 Å². The lowest BCUT2D eigenvalue weighted by Gasteiger charge is -2.10. The quantitative estimate of drug-likeness (QED) is 0.177. The average molecular weight is 486 g/mol. The minimum Gasteiger partial charge on any atom is -0.497 e. The van der Waals surface area contributed by atoms with Gasteiger partial charge in [0.25, 0.3) is 0 Å². The molecule has 0 unspecified atom stereocenters. The molecule has 9 heteroatoms. The second-order valence-corrected chi connectivity index (χ2v) is 9.90. The van der Waals surface area contributed by atoms with Crippen molar-refractivity contribution in [3.63, 3.8) is 0 Å². The van der Waals surface area contributed by atoms with Crippen molar-refractivity contribution < 1.29 is 13.9 Å². The van der Waals surface area contributed by atoms with Crippen molar-refractivity contribution in [1.82, 2.24) is 14.3 Å². The highest BCUT2D eigenvalue weighted by molar-refractivity contribution is 8.01. The molecule has 4 rings (SSSR count). The van der Waals surface area contributed by atoms with Gasteiger partial charge in [-0.15, -0.1) is 5.10 Å². The third-order valence-corrected chi connectivity index (χ3v) is 7.35. The fourth-order valence-corrected chi connectivity index (χ4v) is 5.69. The molecule has 0 radical (unpaired) electrons. The third-order valence-electron chi connectivity index (χ3n) is 4.99. The summed E-state index contributed by atoms with van der Waals surface area (Å²) >= 11 is 8.07. The Morgan fingerprint density at radius 2 is 1.78 bits per heavy atom. The molecule has 164 valence electrons. The summed E-state index contributed by atoms with van der Waals surface area (Å²) in [6.07, 6.45) is 0. The monoisotopic (exact) mass is 485 g/mol. The zero-order valence-electron chi connectivity index (χ0n) is 17.7. The fraction of sp³-hybridized carbons (Fsp3) is 0.174. The van der Waals surface area contributed by atoms with Gasteiger partial charge >= 0.3 is 0 Å². The van der Waals surface area contributed by atoms with E-state index in [1.165, 1.54) is 35.2 Å². The van der Waals surface area contributed by atoms with Crippen molar-refractivity contribution in [2.24, 2.45) is 0 Å². The molecule has 0 saturated heterocycles. The van der Waals surface area contributed by atoms with Gasteiger partial charge in [0, 0.05) is 22.6 Å². The number of aryl methyl sites for hydroxylation is 1. The van der Waals surface area contributed by atoms with E-state index in [0.717, 1.165) is 22.8 Å². The van der Waals surface area contributed by atoms with Crippen LogP contribution in [0.25, 0.3) is 11.4 Å². The van der Waals surface area contributed by atoms with Crippen LogP contribution in [-0.2, 0) is 0 Å². The number of carbonyl (C=O) groups is 1. The molecule has 0 amide bonds. The van der Waals surface area contributed by atoms with E-state index in [1.54, 1.807) is 23.9 Å². The SMILES string of the molecule is COc1ccc(-n2c(C)cc(C(=O)CSc3nn(-c4ccc(F)cc4)c(=S)s3)c2C)cc1. The first-order chi connectivity index (χ1) is 15.4. The van der Waals surface area contributed by atoms with Crippen LogP contribution < -0.4 is 4.74 Å². The van der Waals surface area contributed by atoms with E-state index in [-0.39, 0.29) is 17.4 Å². The Labute approximate surface area is 198 Å². The molecule has 0 bridgehead atoms. The first kappa shape index (κ1) is 22.4. The average Bonchev–Trinajstić information content (AvgIpc) is 3.31. The van der Waals surface area contributed by atoms with Crippen LogP contribution in [-0.4, -0.2) is 33.0 Å². The number of nitrogens with zero attached hydrogens (tertiary/aromatic N) is 3. The highest BCUT2D eigenvalue weighted by atomic mass is 32.2. The largest absolute Gasteiger partial charge is 0.497 e. The minimum atomic E-state index is -0.317. The molecule has 32 heavy (non-hydrogen) atoms. The summed E-state index contributed by atoms with van der Waals surface area (Å²) in [5.41, 5.74) is 4.23. The number of ketones is 1. The predicted molar refractivity (Wildman–Crippen MR) is 129 cm³/mol. The van der Waals surface area contributed by atoms with Crippen molar-refractivity contribution in [3.05, 3.63) is 81.3 Å². The van der Waals surface area contributed by atoms with E-state index in [4.69, 9.17) is 17.0 Å². The Balaban J connectivity index is 1.51. The van der Waals surface area contributed by atoms with Crippen LogP contribution in [0.15, 0.2) is 58.9 Å². The first-order valence-corrected chi connectivity index (χ1v) is 11.9. The normalized spacial score (nSPS) is 11.0. The Hall–Kier alpha value is -2.75. The number of aromatic nitrogens is 3. The number of ether oxygens (including phenoxy) is 1. The molecule has 2 heterocycles. The van der Waals surface area contributed by atoms with Gasteiger partial charge in [0.1, 0.15) is 11.6 Å². The van der Waals surface area contributed by atoms with Gasteiger partial charge in [0.15, 0.2) is 14.1 Å². The molecule has 0 spiro atoms. The standard InChI is InChI=1S/C23H20FN3O2S3/c1-14-12-20(15(2)26(14)17-8-10-19(29-3)11-9-17)21(28)13-31-22-25-27(23(30)32-22)18-6-4-16(24)5-7-18/h4-12H,13H2,1-3H3.